The van der Waals surface area contributed by atoms with Crippen LogP contribution in [0.3, 0.4) is 0 Å². The van der Waals surface area contributed by atoms with Crippen molar-refractivity contribution in [3.8, 4) is 0 Å². The molecule has 0 spiro atoms. The van der Waals surface area contributed by atoms with Crippen LogP contribution in [-0.4, -0.2) is 118 Å². The fourth-order valence-electron chi connectivity index (χ4n) is 5.83. The zero-order valence-electron chi connectivity index (χ0n) is 23.6. The summed E-state index contributed by atoms with van der Waals surface area (Å²) in [5.41, 5.74) is 0. The van der Waals surface area contributed by atoms with E-state index < -0.39 is 32.0 Å². The van der Waals surface area contributed by atoms with E-state index in [0.29, 0.717) is 54.7 Å². The first kappa shape index (κ1) is 32.4. The lowest BCUT2D eigenvalue weighted by atomic mass is 10.1. The Bertz CT molecular complexity index is 1330. The summed E-state index contributed by atoms with van der Waals surface area (Å²) in [5, 5.41) is 1.03. The second-order valence-corrected chi connectivity index (χ2v) is 16.5. The van der Waals surface area contributed by atoms with Gasteiger partial charge in [0.15, 0.2) is 0 Å². The summed E-state index contributed by atoms with van der Waals surface area (Å²) < 4.78 is 54.7. The van der Waals surface area contributed by atoms with Crippen LogP contribution in [0.4, 0.5) is 0 Å². The van der Waals surface area contributed by atoms with Gasteiger partial charge in [-0.1, -0.05) is 18.5 Å². The molecule has 0 radical (unpaired) electrons. The van der Waals surface area contributed by atoms with Gasteiger partial charge in [-0.2, -0.15) is 4.72 Å². The highest BCUT2D eigenvalue weighted by molar-refractivity contribution is 7.92. The topological polar surface area (TPSA) is 127 Å². The number of sulfonamides is 2. The molecule has 1 aromatic heterocycles. The molecule has 1 aromatic rings. The number of piperidine rings is 1. The van der Waals surface area contributed by atoms with Crippen LogP contribution < -0.4 is 4.72 Å². The minimum absolute atomic E-state index is 0.00360. The highest BCUT2D eigenvalue weighted by Crippen LogP contribution is 2.25. The van der Waals surface area contributed by atoms with Crippen molar-refractivity contribution in [3.05, 3.63) is 26.8 Å². The first-order valence-corrected chi connectivity index (χ1v) is 18.5. The Kier molecular flexibility index (Phi) is 10.9. The summed E-state index contributed by atoms with van der Waals surface area (Å²) in [5.74, 6) is -0.392. The van der Waals surface area contributed by atoms with Crippen molar-refractivity contribution in [2.75, 3.05) is 52.1 Å². The number of halogens is 1. The van der Waals surface area contributed by atoms with Crippen LogP contribution >= 0.6 is 22.9 Å². The van der Waals surface area contributed by atoms with Gasteiger partial charge < -0.3 is 9.80 Å². The molecule has 0 saturated carbocycles. The molecule has 11 nitrogen and oxygen atoms in total. The summed E-state index contributed by atoms with van der Waals surface area (Å²) in [6, 6.07) is 2.40. The highest BCUT2D eigenvalue weighted by atomic mass is 35.5. The van der Waals surface area contributed by atoms with E-state index in [1.54, 1.807) is 19.2 Å². The van der Waals surface area contributed by atoms with Crippen molar-refractivity contribution in [2.24, 2.45) is 0 Å². The van der Waals surface area contributed by atoms with E-state index in [1.807, 2.05) is 11.8 Å². The minimum atomic E-state index is -3.87. The summed E-state index contributed by atoms with van der Waals surface area (Å²) in [6.45, 7) is 4.86. The molecular formula is C26H40ClN5O6S3. The maximum absolute atomic E-state index is 13.3. The van der Waals surface area contributed by atoms with Crippen molar-refractivity contribution >= 4 is 60.9 Å². The second kappa shape index (κ2) is 13.8. The number of carbonyl (C=O) groups is 2. The van der Waals surface area contributed by atoms with Gasteiger partial charge in [-0.25, -0.2) is 21.1 Å². The third kappa shape index (κ3) is 8.52. The molecule has 15 heteroatoms. The van der Waals surface area contributed by atoms with Crippen LogP contribution in [-0.2, 0) is 29.6 Å². The van der Waals surface area contributed by atoms with E-state index in [1.165, 1.54) is 26.6 Å². The van der Waals surface area contributed by atoms with Gasteiger partial charge in [0.1, 0.15) is 6.04 Å². The molecular weight excluding hydrogens is 610 g/mol. The molecule has 41 heavy (non-hydrogen) atoms. The van der Waals surface area contributed by atoms with E-state index in [0.717, 1.165) is 31.2 Å². The Balaban J connectivity index is 1.30. The molecule has 3 aliphatic rings. The van der Waals surface area contributed by atoms with Crippen LogP contribution in [0.5, 0.6) is 0 Å². The van der Waals surface area contributed by atoms with Gasteiger partial charge in [0.25, 0.3) is 0 Å². The third-order valence-electron chi connectivity index (χ3n) is 8.00. The van der Waals surface area contributed by atoms with Gasteiger partial charge in [-0.15, -0.1) is 11.3 Å². The molecule has 4 heterocycles. The number of nitrogens with one attached hydrogen (secondary N) is 1. The van der Waals surface area contributed by atoms with Crippen LogP contribution in [0, 0.1) is 0 Å². The third-order valence-corrected chi connectivity index (χ3v) is 12.4. The number of thiophene rings is 1. The van der Waals surface area contributed by atoms with Gasteiger partial charge in [-0.05, 0) is 63.3 Å². The van der Waals surface area contributed by atoms with E-state index in [4.69, 9.17) is 11.6 Å². The second-order valence-electron chi connectivity index (χ2n) is 11.0. The van der Waals surface area contributed by atoms with E-state index >= 15 is 0 Å². The van der Waals surface area contributed by atoms with Gasteiger partial charge >= 0.3 is 0 Å². The summed E-state index contributed by atoms with van der Waals surface area (Å²) in [7, 11) is -5.48. The lowest BCUT2D eigenvalue weighted by molar-refractivity contribution is -0.143. The molecule has 4 rings (SSSR count). The minimum Gasteiger partial charge on any atom is -0.337 e. The standard InChI is InChI=1S/C26H40ClN5O6S3/c1-3-15-41(37,38)29(2)20-10-14-30(17-20)18-21-6-4-13-32(21)25(33)19-31-12-5-7-23(26(31)34)28-40(35,36)16-11-22-8-9-24(27)39-22/h8-9,11,16,20-21,23,28H,3-7,10,12-15,17-19H2,1-2H3/t20?,21-,23-/m0/s1. The maximum Gasteiger partial charge on any atom is 0.242 e. The average Bonchev–Trinajstić information content (AvgIpc) is 3.66. The molecule has 3 fully saturated rings. The van der Waals surface area contributed by atoms with Crippen LogP contribution in [0.25, 0.3) is 6.08 Å². The Hall–Kier alpha value is -1.55. The Labute approximate surface area is 252 Å². The van der Waals surface area contributed by atoms with Crippen LogP contribution in [0.15, 0.2) is 17.5 Å². The van der Waals surface area contributed by atoms with E-state index in [-0.39, 0.29) is 30.3 Å². The fourth-order valence-corrected chi connectivity index (χ4v) is 9.33. The number of amides is 2. The molecule has 3 atom stereocenters. The largest absolute Gasteiger partial charge is 0.337 e. The monoisotopic (exact) mass is 649 g/mol. The number of carbonyl (C=O) groups excluding carboxylic acids is 2. The predicted molar refractivity (Wildman–Crippen MR) is 161 cm³/mol. The lowest BCUT2D eigenvalue weighted by Gasteiger charge is -2.34. The highest BCUT2D eigenvalue weighted by Gasteiger charge is 2.38. The maximum atomic E-state index is 13.3. The molecule has 1 unspecified atom stereocenters. The smallest absolute Gasteiger partial charge is 0.242 e. The zero-order chi connectivity index (χ0) is 29.8. The molecule has 0 bridgehead atoms. The first-order chi connectivity index (χ1) is 19.4. The first-order valence-electron chi connectivity index (χ1n) is 14.1. The zero-order valence-corrected chi connectivity index (χ0v) is 26.8. The number of likely N-dealkylation sites (N-methyl/N-ethyl adjacent to an activating group) is 1. The Morgan fingerprint density at radius 2 is 1.90 bits per heavy atom. The predicted octanol–water partition coefficient (Wildman–Crippen LogP) is 2.02. The van der Waals surface area contributed by atoms with Gasteiger partial charge in [0.05, 0.1) is 16.6 Å². The quantitative estimate of drug-likeness (QED) is 0.367. The molecule has 230 valence electrons. The van der Waals surface area contributed by atoms with Crippen molar-refractivity contribution in [2.45, 2.75) is 63.6 Å². The number of likely N-dealkylation sites (tertiary alicyclic amines) is 3. The molecule has 1 N–H and O–H groups in total. The average molecular weight is 650 g/mol. The molecule has 0 aliphatic carbocycles. The van der Waals surface area contributed by atoms with Crippen molar-refractivity contribution in [3.63, 3.8) is 0 Å². The molecule has 2 amide bonds. The normalized spacial score (nSPS) is 24.8. The van der Waals surface area contributed by atoms with E-state index in [9.17, 15) is 26.4 Å². The van der Waals surface area contributed by atoms with Crippen molar-refractivity contribution < 1.29 is 26.4 Å². The number of rotatable bonds is 12. The summed E-state index contributed by atoms with van der Waals surface area (Å²) >= 11 is 7.14. The number of nitrogens with zero attached hydrogens (tertiary/aromatic N) is 4. The van der Waals surface area contributed by atoms with E-state index in [2.05, 4.69) is 9.62 Å². The van der Waals surface area contributed by atoms with Gasteiger partial charge in [-0.3, -0.25) is 14.5 Å². The molecule has 0 aromatic carbocycles. The SMILES string of the molecule is CCCS(=O)(=O)N(C)C1CCN(C[C@@H]2CCCN2C(=O)CN2CCC[C@H](NS(=O)(=O)C=Cc3ccc(Cl)s3)C2=O)C1. The molecule has 3 aliphatic heterocycles. The Morgan fingerprint density at radius 3 is 2.61 bits per heavy atom. The van der Waals surface area contributed by atoms with Gasteiger partial charge in [0, 0.05) is 55.6 Å². The fraction of sp³-hybridized carbons (Fsp3) is 0.692. The van der Waals surface area contributed by atoms with Crippen LogP contribution in [0.2, 0.25) is 4.34 Å². The molecule has 3 saturated heterocycles. The van der Waals surface area contributed by atoms with Gasteiger partial charge in [0.2, 0.25) is 31.9 Å². The van der Waals surface area contributed by atoms with Crippen molar-refractivity contribution in [1.82, 2.24) is 23.7 Å². The lowest BCUT2D eigenvalue weighted by Crippen LogP contribution is -2.55. The number of hydrogen-bond acceptors (Lipinski definition) is 8. The van der Waals surface area contributed by atoms with Crippen molar-refractivity contribution in [1.29, 1.82) is 0 Å². The Morgan fingerprint density at radius 1 is 1.15 bits per heavy atom. The van der Waals surface area contributed by atoms with Crippen LogP contribution in [0.1, 0.15) is 50.3 Å². The summed E-state index contributed by atoms with van der Waals surface area (Å²) in [4.78, 5) is 32.7. The number of hydrogen-bond donors (Lipinski definition) is 1. The summed E-state index contributed by atoms with van der Waals surface area (Å²) in [6.07, 6.45) is 5.46.